The maximum atomic E-state index is 13.2. The van der Waals surface area contributed by atoms with Crippen LogP contribution in [0.4, 0.5) is 26.3 Å². The van der Waals surface area contributed by atoms with Gasteiger partial charge in [-0.2, -0.15) is 26.3 Å². The van der Waals surface area contributed by atoms with E-state index in [1.54, 1.807) is 0 Å². The summed E-state index contributed by atoms with van der Waals surface area (Å²) in [6.45, 7) is 13.8. The van der Waals surface area contributed by atoms with Gasteiger partial charge in [-0.05, 0) is 91.0 Å². The summed E-state index contributed by atoms with van der Waals surface area (Å²) in [4.78, 5) is 0. The fourth-order valence-corrected chi connectivity index (χ4v) is 5.09. The van der Waals surface area contributed by atoms with Crippen molar-refractivity contribution in [2.75, 3.05) is 0 Å². The summed E-state index contributed by atoms with van der Waals surface area (Å²) >= 11 is 0. The SMILES string of the molecule is CCCCCCCCC(CCCCCc1cc(C(F)(F)F)cc(C(F)(F)F)c1)C(OC(C)C)(OC(C)C)OC(C)C. The second-order valence-electron chi connectivity index (χ2n) is 11.9. The van der Waals surface area contributed by atoms with Gasteiger partial charge in [-0.1, -0.05) is 58.3 Å². The summed E-state index contributed by atoms with van der Waals surface area (Å²) in [6, 6.07) is 1.82. The summed E-state index contributed by atoms with van der Waals surface area (Å²) in [5, 5.41) is 0. The Labute approximate surface area is 243 Å². The van der Waals surface area contributed by atoms with Gasteiger partial charge in [-0.15, -0.1) is 0 Å². The normalized spacial score (nSPS) is 14.0. The minimum absolute atomic E-state index is 0.0412. The number of unbranched alkanes of at least 4 members (excludes halogenated alkanes) is 7. The van der Waals surface area contributed by atoms with Gasteiger partial charge in [0.15, 0.2) is 0 Å². The lowest BCUT2D eigenvalue weighted by molar-refractivity contribution is -0.433. The highest BCUT2D eigenvalue weighted by Gasteiger charge is 2.44. The number of ether oxygens (including phenoxy) is 3. The lowest BCUT2D eigenvalue weighted by atomic mass is 9.91. The Balaban J connectivity index is 3.02. The van der Waals surface area contributed by atoms with E-state index in [9.17, 15) is 26.3 Å². The third-order valence-corrected chi connectivity index (χ3v) is 6.77. The predicted octanol–water partition coefficient (Wildman–Crippen LogP) is 11.1. The molecule has 0 N–H and O–H groups in total. The minimum Gasteiger partial charge on any atom is -0.324 e. The summed E-state index contributed by atoms with van der Waals surface area (Å²) < 4.78 is 98.5. The monoisotopic (exact) mass is 598 g/mol. The topological polar surface area (TPSA) is 27.7 Å². The molecule has 0 radical (unpaired) electrons. The summed E-state index contributed by atoms with van der Waals surface area (Å²) in [5.41, 5.74) is -2.50. The zero-order valence-electron chi connectivity index (χ0n) is 26.0. The maximum absolute atomic E-state index is 13.2. The van der Waals surface area contributed by atoms with E-state index in [0.29, 0.717) is 19.3 Å². The Morgan fingerprint density at radius 2 is 0.951 bits per heavy atom. The van der Waals surface area contributed by atoms with Gasteiger partial charge < -0.3 is 14.2 Å². The second kappa shape index (κ2) is 17.7. The molecule has 240 valence electrons. The van der Waals surface area contributed by atoms with Gasteiger partial charge in [-0.25, -0.2) is 0 Å². The van der Waals surface area contributed by atoms with Crippen LogP contribution in [0.5, 0.6) is 0 Å². The third kappa shape index (κ3) is 14.6. The molecular formula is C32H52F6O3. The van der Waals surface area contributed by atoms with Crippen molar-refractivity contribution in [2.24, 2.45) is 5.92 Å². The molecule has 1 aromatic rings. The van der Waals surface area contributed by atoms with Gasteiger partial charge >= 0.3 is 12.4 Å². The fourth-order valence-electron chi connectivity index (χ4n) is 5.09. The van der Waals surface area contributed by atoms with Crippen LogP contribution in [0.2, 0.25) is 0 Å². The molecule has 3 nitrogen and oxygen atoms in total. The van der Waals surface area contributed by atoms with Gasteiger partial charge in [0.05, 0.1) is 29.4 Å². The molecule has 0 spiro atoms. The Morgan fingerprint density at radius 3 is 1.34 bits per heavy atom. The Morgan fingerprint density at radius 1 is 0.561 bits per heavy atom. The van der Waals surface area contributed by atoms with Crippen LogP contribution in [0.3, 0.4) is 0 Å². The molecule has 9 heteroatoms. The highest BCUT2D eigenvalue weighted by molar-refractivity contribution is 5.33. The lowest BCUT2D eigenvalue weighted by Crippen LogP contribution is -2.50. The third-order valence-electron chi connectivity index (χ3n) is 6.77. The molecule has 0 bridgehead atoms. The van der Waals surface area contributed by atoms with E-state index >= 15 is 0 Å². The molecule has 0 amide bonds. The van der Waals surface area contributed by atoms with Crippen molar-refractivity contribution in [2.45, 2.75) is 162 Å². The highest BCUT2D eigenvalue weighted by atomic mass is 19.4. The molecule has 41 heavy (non-hydrogen) atoms. The zero-order valence-corrected chi connectivity index (χ0v) is 26.0. The Kier molecular flexibility index (Phi) is 16.3. The van der Waals surface area contributed by atoms with Gasteiger partial charge in [0, 0.05) is 5.92 Å². The molecule has 1 unspecified atom stereocenters. The first-order chi connectivity index (χ1) is 19.0. The molecule has 1 rings (SSSR count). The molecular weight excluding hydrogens is 546 g/mol. The number of alkyl halides is 6. The molecule has 0 aliphatic carbocycles. The predicted molar refractivity (Wildman–Crippen MR) is 151 cm³/mol. The average molecular weight is 599 g/mol. The number of hydrogen-bond donors (Lipinski definition) is 0. The van der Waals surface area contributed by atoms with Crippen LogP contribution in [-0.4, -0.2) is 24.3 Å². The standard InChI is InChI=1S/C32H52F6O3/c1-8-9-10-11-12-15-18-27(32(39-23(2)3,40-24(4)5)41-25(6)7)19-16-13-14-17-26-20-28(30(33,34)35)22-29(21-26)31(36,37)38/h20-25,27H,8-19H2,1-7H3. The van der Waals surface area contributed by atoms with Gasteiger partial charge in [0.2, 0.25) is 0 Å². The molecule has 0 aliphatic rings. The largest absolute Gasteiger partial charge is 0.416 e. The van der Waals surface area contributed by atoms with E-state index in [0.717, 1.165) is 44.2 Å². The van der Waals surface area contributed by atoms with Crippen LogP contribution >= 0.6 is 0 Å². The van der Waals surface area contributed by atoms with Crippen LogP contribution in [0, 0.1) is 5.92 Å². The molecule has 0 fully saturated rings. The first-order valence-electron chi connectivity index (χ1n) is 15.3. The second-order valence-corrected chi connectivity index (χ2v) is 11.9. The van der Waals surface area contributed by atoms with Crippen molar-refractivity contribution < 1.29 is 40.6 Å². The lowest BCUT2D eigenvalue weighted by Gasteiger charge is -2.43. The number of halogens is 6. The molecule has 1 aromatic carbocycles. The smallest absolute Gasteiger partial charge is 0.324 e. The highest BCUT2D eigenvalue weighted by Crippen LogP contribution is 2.39. The van der Waals surface area contributed by atoms with Crippen LogP contribution < -0.4 is 0 Å². The van der Waals surface area contributed by atoms with E-state index in [1.165, 1.54) is 19.3 Å². The van der Waals surface area contributed by atoms with Gasteiger partial charge in [0.25, 0.3) is 5.97 Å². The summed E-state index contributed by atoms with van der Waals surface area (Å²) in [6.07, 6.45) is 0.208. The van der Waals surface area contributed by atoms with Crippen molar-refractivity contribution in [3.8, 4) is 0 Å². The maximum Gasteiger partial charge on any atom is 0.416 e. The van der Waals surface area contributed by atoms with Crippen LogP contribution in [0.1, 0.15) is 136 Å². The van der Waals surface area contributed by atoms with E-state index < -0.39 is 29.5 Å². The van der Waals surface area contributed by atoms with Crippen LogP contribution in [-0.2, 0) is 33.0 Å². The van der Waals surface area contributed by atoms with Crippen LogP contribution in [0.25, 0.3) is 0 Å². The van der Waals surface area contributed by atoms with Crippen molar-refractivity contribution in [3.05, 3.63) is 34.9 Å². The van der Waals surface area contributed by atoms with Crippen molar-refractivity contribution in [3.63, 3.8) is 0 Å². The van der Waals surface area contributed by atoms with Crippen molar-refractivity contribution in [1.82, 2.24) is 0 Å². The molecule has 0 saturated heterocycles. The van der Waals surface area contributed by atoms with E-state index in [-0.39, 0.29) is 42.3 Å². The molecule has 0 saturated carbocycles. The minimum atomic E-state index is -4.84. The average Bonchev–Trinajstić information content (AvgIpc) is 2.82. The fraction of sp³-hybridized carbons (Fsp3) is 0.812. The molecule has 0 heterocycles. The number of hydrogen-bond acceptors (Lipinski definition) is 3. The Bertz CT molecular complexity index is 790. The quantitative estimate of drug-likeness (QED) is 0.0849. The van der Waals surface area contributed by atoms with Gasteiger partial charge in [-0.3, -0.25) is 0 Å². The van der Waals surface area contributed by atoms with Crippen molar-refractivity contribution >= 4 is 0 Å². The van der Waals surface area contributed by atoms with Crippen LogP contribution in [0.15, 0.2) is 18.2 Å². The van der Waals surface area contributed by atoms with E-state index in [4.69, 9.17) is 14.2 Å². The number of rotatable bonds is 20. The number of benzene rings is 1. The first kappa shape index (κ1) is 37.7. The summed E-state index contributed by atoms with van der Waals surface area (Å²) in [7, 11) is 0. The molecule has 0 aliphatic heterocycles. The Hall–Kier alpha value is -1.32. The van der Waals surface area contributed by atoms with Crippen molar-refractivity contribution in [1.29, 1.82) is 0 Å². The number of aryl methyl sites for hydroxylation is 1. The van der Waals surface area contributed by atoms with E-state index in [2.05, 4.69) is 6.92 Å². The van der Waals surface area contributed by atoms with Gasteiger partial charge in [0.1, 0.15) is 0 Å². The van der Waals surface area contributed by atoms with E-state index in [1.807, 2.05) is 41.5 Å². The summed E-state index contributed by atoms with van der Waals surface area (Å²) in [5.74, 6) is -1.31. The molecule has 1 atom stereocenters. The first-order valence-corrected chi connectivity index (χ1v) is 15.3. The molecule has 0 aromatic heterocycles. The zero-order chi connectivity index (χ0) is 31.3.